The van der Waals surface area contributed by atoms with Gasteiger partial charge >= 0.3 is 5.97 Å². The van der Waals surface area contributed by atoms with Crippen LogP contribution in [-0.2, 0) is 4.79 Å². The third kappa shape index (κ3) is 9.78. The molecule has 0 unspecified atom stereocenters. The van der Waals surface area contributed by atoms with Crippen LogP contribution in [0.3, 0.4) is 0 Å². The Bertz CT molecular complexity index is 128. The Labute approximate surface area is 70.8 Å². The molecule has 0 aromatic heterocycles. The number of hydrogen-bond donors (Lipinski definition) is 2. The fourth-order valence-corrected chi connectivity index (χ4v) is 1.44. The second-order valence-electron chi connectivity index (χ2n) is 3.01. The van der Waals surface area contributed by atoms with Gasteiger partial charge in [0.25, 0.3) is 0 Å². The van der Waals surface area contributed by atoms with Crippen molar-refractivity contribution < 1.29 is 15.0 Å². The van der Waals surface area contributed by atoms with Crippen LogP contribution >= 0.6 is 11.8 Å². The summed E-state index contributed by atoms with van der Waals surface area (Å²) in [5, 5.41) is 17.5. The molecule has 0 aromatic carbocycles. The third-order valence-corrected chi connectivity index (χ3v) is 2.03. The van der Waals surface area contributed by atoms with Gasteiger partial charge in [-0.05, 0) is 26.0 Å². The number of carbonyl (C=O) groups is 1. The first-order valence-corrected chi connectivity index (χ1v) is 4.59. The molecule has 0 aliphatic carbocycles. The lowest BCUT2D eigenvalue weighted by molar-refractivity contribution is -0.133. The van der Waals surface area contributed by atoms with Gasteiger partial charge in [-0.2, -0.15) is 11.8 Å². The first-order valence-electron chi connectivity index (χ1n) is 3.44. The van der Waals surface area contributed by atoms with Crippen molar-refractivity contribution in [2.45, 2.75) is 25.9 Å². The first-order chi connectivity index (χ1) is 4.92. The van der Waals surface area contributed by atoms with E-state index in [4.69, 9.17) is 5.11 Å². The average molecular weight is 178 g/mol. The number of aliphatic carboxylic acids is 1. The maximum absolute atomic E-state index is 10.0. The first kappa shape index (κ1) is 10.8. The maximum Gasteiger partial charge on any atom is 0.313 e. The smallest absolute Gasteiger partial charge is 0.313 e. The van der Waals surface area contributed by atoms with Crippen molar-refractivity contribution in [1.82, 2.24) is 0 Å². The molecule has 0 rings (SSSR count). The number of carboxylic acids is 1. The summed E-state index contributed by atoms with van der Waals surface area (Å²) in [6, 6.07) is 0. The molecule has 0 bridgehead atoms. The van der Waals surface area contributed by atoms with E-state index in [0.717, 1.165) is 0 Å². The van der Waals surface area contributed by atoms with E-state index in [-0.39, 0.29) is 5.75 Å². The standard InChI is InChI=1S/C7H14O3S/c1-7(2,10)3-4-11-5-6(8)9/h10H,3-5H2,1-2H3,(H,8,9). The molecule has 0 fully saturated rings. The molecule has 0 aromatic rings. The van der Waals surface area contributed by atoms with Crippen molar-refractivity contribution >= 4 is 17.7 Å². The monoisotopic (exact) mass is 178 g/mol. The van der Waals surface area contributed by atoms with Crippen LogP contribution in [0, 0.1) is 0 Å². The van der Waals surface area contributed by atoms with Gasteiger partial charge in [0.2, 0.25) is 0 Å². The Kier molecular flexibility index (Phi) is 4.52. The molecule has 2 N–H and O–H groups in total. The fourth-order valence-electron chi connectivity index (χ4n) is 0.481. The van der Waals surface area contributed by atoms with Gasteiger partial charge in [-0.1, -0.05) is 0 Å². The van der Waals surface area contributed by atoms with E-state index in [0.29, 0.717) is 12.2 Å². The van der Waals surface area contributed by atoms with E-state index < -0.39 is 11.6 Å². The minimum atomic E-state index is -0.800. The number of thioether (sulfide) groups is 1. The topological polar surface area (TPSA) is 57.5 Å². The molecule has 3 nitrogen and oxygen atoms in total. The highest BCUT2D eigenvalue weighted by molar-refractivity contribution is 7.99. The van der Waals surface area contributed by atoms with E-state index in [1.54, 1.807) is 13.8 Å². The predicted molar refractivity (Wildman–Crippen MR) is 45.9 cm³/mol. The van der Waals surface area contributed by atoms with Crippen LogP contribution in [0.5, 0.6) is 0 Å². The van der Waals surface area contributed by atoms with Crippen molar-refractivity contribution in [3.63, 3.8) is 0 Å². The molecule has 0 aliphatic rings. The van der Waals surface area contributed by atoms with Crippen LogP contribution in [0.4, 0.5) is 0 Å². The lowest BCUT2D eigenvalue weighted by Gasteiger charge is -2.15. The molecule has 66 valence electrons. The van der Waals surface area contributed by atoms with Crippen molar-refractivity contribution in [2.24, 2.45) is 0 Å². The van der Waals surface area contributed by atoms with Crippen LogP contribution in [0.1, 0.15) is 20.3 Å². The third-order valence-electron chi connectivity index (χ3n) is 1.08. The highest BCUT2D eigenvalue weighted by Crippen LogP contribution is 2.12. The zero-order chi connectivity index (χ0) is 8.91. The molecule has 0 spiro atoms. The molecule has 0 aliphatic heterocycles. The summed E-state index contributed by atoms with van der Waals surface area (Å²) in [4.78, 5) is 10.0. The second kappa shape index (κ2) is 4.62. The van der Waals surface area contributed by atoms with Gasteiger partial charge in [-0.25, -0.2) is 0 Å². The summed E-state index contributed by atoms with van der Waals surface area (Å²) in [5.74, 6) is 0.0112. The van der Waals surface area contributed by atoms with Crippen molar-refractivity contribution in [2.75, 3.05) is 11.5 Å². The van der Waals surface area contributed by atoms with Crippen molar-refractivity contribution in [3.8, 4) is 0 Å². The van der Waals surface area contributed by atoms with Crippen molar-refractivity contribution in [1.29, 1.82) is 0 Å². The quantitative estimate of drug-likeness (QED) is 0.616. The van der Waals surface area contributed by atoms with Gasteiger partial charge < -0.3 is 10.2 Å². The molecule has 0 saturated heterocycles. The van der Waals surface area contributed by atoms with E-state index in [1.807, 2.05) is 0 Å². The summed E-state index contributed by atoms with van der Waals surface area (Å²) in [6.07, 6.45) is 0.630. The minimum absolute atomic E-state index is 0.121. The SMILES string of the molecule is CC(C)(O)CCSCC(=O)O. The highest BCUT2D eigenvalue weighted by Gasteiger charge is 2.11. The normalized spacial score (nSPS) is 11.5. The summed E-state index contributed by atoms with van der Waals surface area (Å²) in [5.41, 5.74) is -0.675. The van der Waals surface area contributed by atoms with E-state index >= 15 is 0 Å². The summed E-state index contributed by atoms with van der Waals surface area (Å²) < 4.78 is 0. The molecule has 4 heteroatoms. The summed E-state index contributed by atoms with van der Waals surface area (Å²) >= 11 is 1.33. The molecule has 0 heterocycles. The van der Waals surface area contributed by atoms with Gasteiger partial charge in [0.05, 0.1) is 11.4 Å². The Morgan fingerprint density at radius 1 is 1.55 bits per heavy atom. The zero-order valence-corrected chi connectivity index (χ0v) is 7.65. The number of aliphatic hydroxyl groups is 1. The number of rotatable bonds is 5. The largest absolute Gasteiger partial charge is 0.481 e. The van der Waals surface area contributed by atoms with Crippen LogP contribution < -0.4 is 0 Å². The molecule has 0 amide bonds. The van der Waals surface area contributed by atoms with Crippen LogP contribution in [0.2, 0.25) is 0 Å². The number of hydrogen-bond acceptors (Lipinski definition) is 3. The molecule has 0 radical (unpaired) electrons. The van der Waals surface area contributed by atoms with Gasteiger partial charge in [0, 0.05) is 0 Å². The summed E-state index contributed by atoms with van der Waals surface area (Å²) in [7, 11) is 0. The van der Waals surface area contributed by atoms with Gasteiger partial charge in [-0.3, -0.25) is 4.79 Å². The lowest BCUT2D eigenvalue weighted by Crippen LogP contribution is -2.19. The van der Waals surface area contributed by atoms with Gasteiger partial charge in [0.1, 0.15) is 0 Å². The Morgan fingerprint density at radius 3 is 2.45 bits per heavy atom. The van der Waals surface area contributed by atoms with Crippen LogP contribution in [0.25, 0.3) is 0 Å². The molecular formula is C7H14O3S. The Balaban J connectivity index is 3.22. The molecule has 0 saturated carbocycles. The molecular weight excluding hydrogens is 164 g/mol. The van der Waals surface area contributed by atoms with Crippen LogP contribution in [-0.4, -0.2) is 33.3 Å². The molecule has 11 heavy (non-hydrogen) atoms. The van der Waals surface area contributed by atoms with Crippen LogP contribution in [0.15, 0.2) is 0 Å². The van der Waals surface area contributed by atoms with Gasteiger partial charge in [0.15, 0.2) is 0 Å². The zero-order valence-electron chi connectivity index (χ0n) is 6.83. The maximum atomic E-state index is 10.0. The van der Waals surface area contributed by atoms with E-state index in [1.165, 1.54) is 11.8 Å². The highest BCUT2D eigenvalue weighted by atomic mass is 32.2. The van der Waals surface area contributed by atoms with Gasteiger partial charge in [-0.15, -0.1) is 0 Å². The summed E-state index contributed by atoms with van der Waals surface area (Å²) in [6.45, 7) is 3.43. The van der Waals surface area contributed by atoms with Crippen molar-refractivity contribution in [3.05, 3.63) is 0 Å². The second-order valence-corrected chi connectivity index (χ2v) is 4.11. The number of carboxylic acid groups (broad SMARTS) is 1. The average Bonchev–Trinajstić information content (AvgIpc) is 1.78. The molecule has 0 atom stereocenters. The Morgan fingerprint density at radius 2 is 2.09 bits per heavy atom. The van der Waals surface area contributed by atoms with E-state index in [9.17, 15) is 9.90 Å². The lowest BCUT2D eigenvalue weighted by atomic mass is 10.1. The Hall–Kier alpha value is -0.220. The fraction of sp³-hybridized carbons (Fsp3) is 0.857. The van der Waals surface area contributed by atoms with E-state index in [2.05, 4.69) is 0 Å². The predicted octanol–water partition coefficient (Wildman–Crippen LogP) is 0.965. The minimum Gasteiger partial charge on any atom is -0.481 e.